The van der Waals surface area contributed by atoms with Gasteiger partial charge in [-0.3, -0.25) is 14.5 Å². The Labute approximate surface area is 208 Å². The summed E-state index contributed by atoms with van der Waals surface area (Å²) >= 11 is 1.10. The van der Waals surface area contributed by atoms with Crippen molar-refractivity contribution < 1.29 is 27.5 Å². The van der Waals surface area contributed by atoms with Crippen LogP contribution in [0.15, 0.2) is 12.1 Å². The van der Waals surface area contributed by atoms with Gasteiger partial charge in [-0.05, 0) is 88.3 Å². The number of nitrogens with one attached hydrogen (secondary N) is 2. The number of hydrogen-bond donors (Lipinski definition) is 2. The Bertz CT molecular complexity index is 915. The van der Waals surface area contributed by atoms with Crippen molar-refractivity contribution in [3.8, 4) is 5.06 Å². The lowest BCUT2D eigenvalue weighted by Gasteiger charge is -2.57. The van der Waals surface area contributed by atoms with E-state index in [-0.39, 0.29) is 34.4 Å². The zero-order valence-corrected chi connectivity index (χ0v) is 20.9. The highest BCUT2D eigenvalue weighted by Crippen LogP contribution is 2.55. The first-order chi connectivity index (χ1) is 16.6. The number of carbonyl (C=O) groups is 2. The minimum absolute atomic E-state index is 0.00113. The van der Waals surface area contributed by atoms with E-state index in [0.717, 1.165) is 53.2 Å². The fourth-order valence-electron chi connectivity index (χ4n) is 7.19. The molecule has 2 N–H and O–H groups in total. The van der Waals surface area contributed by atoms with Gasteiger partial charge in [0.05, 0.1) is 18.5 Å². The molecule has 0 aromatic carbocycles. The minimum Gasteiger partial charge on any atom is -0.475 e. The van der Waals surface area contributed by atoms with E-state index >= 15 is 0 Å². The normalized spacial score (nSPS) is 33.0. The van der Waals surface area contributed by atoms with Gasteiger partial charge in [0.2, 0.25) is 11.8 Å². The molecule has 2 amide bonds. The smallest absolute Gasteiger partial charge is 0.422 e. The average Bonchev–Trinajstić information content (AvgIpc) is 3.40. The van der Waals surface area contributed by atoms with E-state index in [1.807, 2.05) is 6.92 Å². The summed E-state index contributed by atoms with van der Waals surface area (Å²) in [7, 11) is 0. The molecule has 0 spiro atoms. The summed E-state index contributed by atoms with van der Waals surface area (Å²) in [5.41, 5.74) is 0.00113. The molecule has 0 unspecified atom stereocenters. The molecule has 35 heavy (non-hydrogen) atoms. The first kappa shape index (κ1) is 24.9. The van der Waals surface area contributed by atoms with Gasteiger partial charge in [-0.25, -0.2) is 0 Å². The fraction of sp³-hybridized carbons (Fsp3) is 0.760. The van der Waals surface area contributed by atoms with Crippen LogP contribution in [0.2, 0.25) is 0 Å². The molecule has 4 bridgehead atoms. The van der Waals surface area contributed by atoms with Crippen LogP contribution in [0.3, 0.4) is 0 Å². The lowest BCUT2D eigenvalue weighted by atomic mass is 9.53. The summed E-state index contributed by atoms with van der Waals surface area (Å²) < 4.78 is 41.8. The van der Waals surface area contributed by atoms with Crippen LogP contribution in [0.4, 0.5) is 13.2 Å². The lowest BCUT2D eigenvalue weighted by molar-refractivity contribution is -0.152. The number of alkyl halides is 3. The minimum atomic E-state index is -4.38. The third kappa shape index (κ3) is 5.96. The quantitative estimate of drug-likeness (QED) is 0.545. The molecular formula is C25H34F3N3O3S. The first-order valence-corrected chi connectivity index (χ1v) is 13.5. The van der Waals surface area contributed by atoms with Gasteiger partial charge in [0.1, 0.15) is 0 Å². The molecule has 1 saturated heterocycles. The van der Waals surface area contributed by atoms with Crippen LogP contribution in [-0.4, -0.2) is 54.7 Å². The molecule has 0 radical (unpaired) electrons. The molecular weight excluding hydrogens is 479 g/mol. The monoisotopic (exact) mass is 513 g/mol. The molecule has 5 fully saturated rings. The second kappa shape index (κ2) is 9.57. The molecule has 5 aliphatic rings. The molecule has 10 heteroatoms. The van der Waals surface area contributed by atoms with Crippen LogP contribution in [0, 0.1) is 23.7 Å². The Balaban J connectivity index is 1.07. The summed E-state index contributed by atoms with van der Waals surface area (Å²) in [6.07, 6.45) is 3.69. The molecule has 194 valence electrons. The van der Waals surface area contributed by atoms with Gasteiger partial charge in [-0.1, -0.05) is 0 Å². The molecule has 4 saturated carbocycles. The molecule has 4 aliphatic carbocycles. The van der Waals surface area contributed by atoms with Crippen LogP contribution in [0.25, 0.3) is 0 Å². The van der Waals surface area contributed by atoms with E-state index in [9.17, 15) is 22.8 Å². The zero-order valence-electron chi connectivity index (χ0n) is 20.0. The lowest BCUT2D eigenvalue weighted by Crippen LogP contribution is -2.60. The molecule has 1 aliphatic heterocycles. The van der Waals surface area contributed by atoms with E-state index < -0.39 is 12.8 Å². The number of thiophene rings is 1. The van der Waals surface area contributed by atoms with Crippen LogP contribution < -0.4 is 15.4 Å². The predicted molar refractivity (Wildman–Crippen MR) is 126 cm³/mol. The van der Waals surface area contributed by atoms with E-state index in [1.165, 1.54) is 25.3 Å². The number of ether oxygens (including phenoxy) is 1. The third-order valence-electron chi connectivity index (χ3n) is 8.22. The van der Waals surface area contributed by atoms with Gasteiger partial charge in [0.25, 0.3) is 0 Å². The second-order valence-electron chi connectivity index (χ2n) is 11.3. The van der Waals surface area contributed by atoms with Crippen LogP contribution >= 0.6 is 11.3 Å². The standard InChI is InChI=1S/C25H34F3N3O3S/c1-15(20-2-3-22(35-20)34-14-25(26,27)28)29-23(33)19-4-5-31(12-19)13-21(32)30-24-9-16-6-17(10-24)8-18(7-16)11-24/h2-3,15-19H,4-14H2,1H3,(H,29,33)(H,30,32)/t15-,16?,17?,18?,19-,24?/m1/s1. The van der Waals surface area contributed by atoms with Gasteiger partial charge in [0.15, 0.2) is 11.7 Å². The van der Waals surface area contributed by atoms with Crippen molar-refractivity contribution in [2.75, 3.05) is 26.2 Å². The Morgan fingerprint density at radius 3 is 2.46 bits per heavy atom. The summed E-state index contributed by atoms with van der Waals surface area (Å²) in [5.74, 6) is 2.11. The molecule has 1 aromatic heterocycles. The Morgan fingerprint density at radius 1 is 1.17 bits per heavy atom. The highest BCUT2D eigenvalue weighted by Gasteiger charge is 2.51. The van der Waals surface area contributed by atoms with Crippen molar-refractivity contribution in [1.82, 2.24) is 15.5 Å². The Morgan fingerprint density at radius 2 is 1.83 bits per heavy atom. The van der Waals surface area contributed by atoms with E-state index in [4.69, 9.17) is 4.74 Å². The maximum Gasteiger partial charge on any atom is 0.422 e. The fourth-order valence-corrected chi connectivity index (χ4v) is 8.05. The van der Waals surface area contributed by atoms with Crippen molar-refractivity contribution in [1.29, 1.82) is 0 Å². The number of nitrogens with zero attached hydrogens (tertiary/aromatic N) is 1. The predicted octanol–water partition coefficient (Wildman–Crippen LogP) is 4.27. The summed E-state index contributed by atoms with van der Waals surface area (Å²) in [6, 6.07) is 2.84. The van der Waals surface area contributed by atoms with E-state index in [0.29, 0.717) is 26.1 Å². The number of likely N-dealkylation sites (tertiary alicyclic amines) is 1. The SMILES string of the molecule is C[C@@H](NC(=O)[C@@H]1CCN(CC(=O)NC23CC4CC(CC(C4)C2)C3)C1)c1ccc(OCC(F)(F)F)s1. The van der Waals surface area contributed by atoms with Crippen molar-refractivity contribution in [2.45, 2.75) is 69.6 Å². The van der Waals surface area contributed by atoms with Gasteiger partial charge < -0.3 is 15.4 Å². The van der Waals surface area contributed by atoms with Crippen LogP contribution in [0.1, 0.15) is 62.8 Å². The molecule has 2 atom stereocenters. The summed E-state index contributed by atoms with van der Waals surface area (Å²) in [5, 5.41) is 6.55. The van der Waals surface area contributed by atoms with Crippen molar-refractivity contribution in [2.24, 2.45) is 23.7 Å². The third-order valence-corrected chi connectivity index (χ3v) is 9.40. The number of carbonyl (C=O) groups excluding carboxylic acids is 2. The highest BCUT2D eigenvalue weighted by atomic mass is 32.1. The molecule has 6 nitrogen and oxygen atoms in total. The maximum absolute atomic E-state index is 12.9. The van der Waals surface area contributed by atoms with Gasteiger partial charge >= 0.3 is 6.18 Å². The van der Waals surface area contributed by atoms with Crippen LogP contribution in [0.5, 0.6) is 5.06 Å². The number of rotatable bonds is 8. The molecule has 6 rings (SSSR count). The topological polar surface area (TPSA) is 70.7 Å². The zero-order chi connectivity index (χ0) is 24.8. The number of hydrogen-bond acceptors (Lipinski definition) is 5. The number of halogens is 3. The average molecular weight is 514 g/mol. The van der Waals surface area contributed by atoms with Gasteiger partial charge in [-0.2, -0.15) is 13.2 Å². The van der Waals surface area contributed by atoms with E-state index in [2.05, 4.69) is 15.5 Å². The molecule has 1 aromatic rings. The van der Waals surface area contributed by atoms with Gasteiger partial charge in [-0.15, -0.1) is 11.3 Å². The summed E-state index contributed by atoms with van der Waals surface area (Å²) in [4.78, 5) is 28.5. The van der Waals surface area contributed by atoms with Crippen LogP contribution in [-0.2, 0) is 9.59 Å². The highest BCUT2D eigenvalue weighted by molar-refractivity contribution is 7.13. The largest absolute Gasteiger partial charge is 0.475 e. The van der Waals surface area contributed by atoms with Gasteiger partial charge in [0, 0.05) is 17.0 Å². The van der Waals surface area contributed by atoms with E-state index in [1.54, 1.807) is 6.07 Å². The van der Waals surface area contributed by atoms with Crippen molar-refractivity contribution in [3.05, 3.63) is 17.0 Å². The molecule has 2 heterocycles. The second-order valence-corrected chi connectivity index (χ2v) is 12.3. The van der Waals surface area contributed by atoms with Crippen molar-refractivity contribution in [3.63, 3.8) is 0 Å². The summed E-state index contributed by atoms with van der Waals surface area (Å²) in [6.45, 7) is 2.04. The Kier molecular flexibility index (Phi) is 6.80. The van der Waals surface area contributed by atoms with Crippen molar-refractivity contribution >= 4 is 23.2 Å². The maximum atomic E-state index is 12.9. The number of amides is 2. The first-order valence-electron chi connectivity index (χ1n) is 12.7. The Hall–Kier alpha value is -1.81.